The first kappa shape index (κ1) is 16.1. The van der Waals surface area contributed by atoms with E-state index < -0.39 is 0 Å². The van der Waals surface area contributed by atoms with Crippen molar-refractivity contribution in [2.45, 2.75) is 6.42 Å². The van der Waals surface area contributed by atoms with Crippen LogP contribution < -0.4 is 5.32 Å². The van der Waals surface area contributed by atoms with Crippen LogP contribution in [0.3, 0.4) is 0 Å². The maximum Gasteiger partial charge on any atom is 0.273 e. The SMILES string of the molecule is O=C(NCCc1ccc(Cl)cc1)c1cn(-c2cccc(F)c2)nn1. The molecule has 3 aromatic rings. The first-order chi connectivity index (χ1) is 11.6. The molecule has 122 valence electrons. The van der Waals surface area contributed by atoms with E-state index in [-0.39, 0.29) is 17.4 Å². The molecule has 0 aliphatic heterocycles. The number of nitrogens with one attached hydrogen (secondary N) is 1. The molecule has 5 nitrogen and oxygen atoms in total. The summed E-state index contributed by atoms with van der Waals surface area (Å²) in [5.74, 6) is -0.705. The van der Waals surface area contributed by atoms with E-state index in [4.69, 9.17) is 11.6 Å². The Morgan fingerprint density at radius 3 is 2.75 bits per heavy atom. The first-order valence-corrected chi connectivity index (χ1v) is 7.70. The summed E-state index contributed by atoms with van der Waals surface area (Å²) in [4.78, 5) is 12.1. The van der Waals surface area contributed by atoms with Gasteiger partial charge in [-0.25, -0.2) is 9.07 Å². The van der Waals surface area contributed by atoms with Gasteiger partial charge in [0.05, 0.1) is 11.9 Å². The normalized spacial score (nSPS) is 10.6. The average molecular weight is 345 g/mol. The third kappa shape index (κ3) is 3.97. The molecular weight excluding hydrogens is 331 g/mol. The third-order valence-corrected chi connectivity index (χ3v) is 3.66. The van der Waals surface area contributed by atoms with E-state index in [0.29, 0.717) is 23.7 Å². The highest BCUT2D eigenvalue weighted by molar-refractivity contribution is 6.30. The number of nitrogens with zero attached hydrogens (tertiary/aromatic N) is 3. The predicted molar refractivity (Wildman–Crippen MR) is 88.8 cm³/mol. The highest BCUT2D eigenvalue weighted by atomic mass is 35.5. The molecule has 0 bridgehead atoms. The van der Waals surface area contributed by atoms with E-state index in [2.05, 4.69) is 15.6 Å². The molecule has 3 rings (SSSR count). The van der Waals surface area contributed by atoms with Gasteiger partial charge in [0.15, 0.2) is 5.69 Å². The summed E-state index contributed by atoms with van der Waals surface area (Å²) >= 11 is 5.83. The minimum atomic E-state index is -0.378. The minimum Gasteiger partial charge on any atom is -0.350 e. The van der Waals surface area contributed by atoms with Crippen molar-refractivity contribution >= 4 is 17.5 Å². The van der Waals surface area contributed by atoms with Crippen molar-refractivity contribution in [1.29, 1.82) is 0 Å². The van der Waals surface area contributed by atoms with Crippen LogP contribution in [0, 0.1) is 5.82 Å². The van der Waals surface area contributed by atoms with Gasteiger partial charge in [0.1, 0.15) is 5.82 Å². The van der Waals surface area contributed by atoms with Gasteiger partial charge in [-0.15, -0.1) is 5.10 Å². The molecule has 0 spiro atoms. The van der Waals surface area contributed by atoms with Crippen LogP contribution in [0.4, 0.5) is 4.39 Å². The van der Waals surface area contributed by atoms with E-state index in [0.717, 1.165) is 5.56 Å². The lowest BCUT2D eigenvalue weighted by Crippen LogP contribution is -2.26. The fourth-order valence-corrected chi connectivity index (χ4v) is 2.30. The smallest absolute Gasteiger partial charge is 0.273 e. The number of hydrogen-bond acceptors (Lipinski definition) is 3. The number of hydrogen-bond donors (Lipinski definition) is 1. The molecule has 0 unspecified atom stereocenters. The average Bonchev–Trinajstić information content (AvgIpc) is 3.07. The fourth-order valence-electron chi connectivity index (χ4n) is 2.17. The van der Waals surface area contributed by atoms with Crippen LogP contribution >= 0.6 is 11.6 Å². The zero-order valence-electron chi connectivity index (χ0n) is 12.6. The van der Waals surface area contributed by atoms with Gasteiger partial charge < -0.3 is 5.32 Å². The predicted octanol–water partition coefficient (Wildman–Crippen LogP) is 3.03. The second-order valence-corrected chi connectivity index (χ2v) is 5.60. The zero-order chi connectivity index (χ0) is 16.9. The lowest BCUT2D eigenvalue weighted by Gasteiger charge is -2.03. The Bertz CT molecular complexity index is 848. The summed E-state index contributed by atoms with van der Waals surface area (Å²) in [6, 6.07) is 13.3. The third-order valence-electron chi connectivity index (χ3n) is 3.41. The molecular formula is C17H14ClFN4O. The Balaban J connectivity index is 1.58. The summed E-state index contributed by atoms with van der Waals surface area (Å²) in [6.45, 7) is 0.466. The molecule has 7 heteroatoms. The summed E-state index contributed by atoms with van der Waals surface area (Å²) in [6.07, 6.45) is 2.15. The summed E-state index contributed by atoms with van der Waals surface area (Å²) in [5.41, 5.74) is 1.75. The van der Waals surface area contributed by atoms with Crippen LogP contribution in [-0.2, 0) is 6.42 Å². The lowest BCUT2D eigenvalue weighted by molar-refractivity contribution is 0.0949. The van der Waals surface area contributed by atoms with Crippen LogP contribution in [0.25, 0.3) is 5.69 Å². The molecule has 0 radical (unpaired) electrons. The number of benzene rings is 2. The Hall–Kier alpha value is -2.73. The molecule has 24 heavy (non-hydrogen) atoms. The monoisotopic (exact) mass is 344 g/mol. The molecule has 0 saturated carbocycles. The number of rotatable bonds is 5. The highest BCUT2D eigenvalue weighted by Crippen LogP contribution is 2.10. The number of amides is 1. The van der Waals surface area contributed by atoms with Gasteiger partial charge in [-0.3, -0.25) is 4.79 Å². The Morgan fingerprint density at radius 1 is 1.21 bits per heavy atom. The Kier molecular flexibility index (Phi) is 4.86. The maximum absolute atomic E-state index is 13.2. The largest absolute Gasteiger partial charge is 0.350 e. The van der Waals surface area contributed by atoms with Gasteiger partial charge in [0, 0.05) is 11.6 Å². The van der Waals surface area contributed by atoms with E-state index in [1.165, 1.54) is 23.0 Å². The number of carbonyl (C=O) groups excluding carboxylic acids is 1. The van der Waals surface area contributed by atoms with Crippen molar-refractivity contribution in [3.05, 3.63) is 76.8 Å². The molecule has 1 N–H and O–H groups in total. The van der Waals surface area contributed by atoms with Crippen molar-refractivity contribution in [3.8, 4) is 5.69 Å². The minimum absolute atomic E-state index is 0.176. The van der Waals surface area contributed by atoms with Gasteiger partial charge in [-0.1, -0.05) is 35.0 Å². The molecule has 0 aliphatic rings. The first-order valence-electron chi connectivity index (χ1n) is 7.33. The topological polar surface area (TPSA) is 59.8 Å². The van der Waals surface area contributed by atoms with Crippen molar-refractivity contribution in [3.63, 3.8) is 0 Å². The quantitative estimate of drug-likeness (QED) is 0.774. The molecule has 0 aliphatic carbocycles. The maximum atomic E-state index is 13.2. The molecule has 0 fully saturated rings. The van der Waals surface area contributed by atoms with Crippen LogP contribution in [-0.4, -0.2) is 27.4 Å². The molecule has 1 heterocycles. The van der Waals surface area contributed by atoms with Gasteiger partial charge in [-0.05, 0) is 42.3 Å². The van der Waals surface area contributed by atoms with Gasteiger partial charge in [0.25, 0.3) is 5.91 Å². The van der Waals surface area contributed by atoms with Gasteiger partial charge in [-0.2, -0.15) is 0 Å². The molecule has 1 amide bonds. The number of carbonyl (C=O) groups is 1. The second kappa shape index (κ2) is 7.23. The lowest BCUT2D eigenvalue weighted by atomic mass is 10.1. The molecule has 0 saturated heterocycles. The van der Waals surface area contributed by atoms with Gasteiger partial charge in [0.2, 0.25) is 0 Å². The zero-order valence-corrected chi connectivity index (χ0v) is 13.4. The number of halogens is 2. The molecule has 1 aromatic heterocycles. The second-order valence-electron chi connectivity index (χ2n) is 5.16. The summed E-state index contributed by atoms with van der Waals surface area (Å²) in [7, 11) is 0. The van der Waals surface area contributed by atoms with Crippen LogP contribution in [0.2, 0.25) is 5.02 Å². The summed E-state index contributed by atoms with van der Waals surface area (Å²) < 4.78 is 14.6. The van der Waals surface area contributed by atoms with Crippen molar-refractivity contribution < 1.29 is 9.18 Å². The Morgan fingerprint density at radius 2 is 2.00 bits per heavy atom. The summed E-state index contributed by atoms with van der Waals surface area (Å²) in [5, 5.41) is 11.1. The molecule has 2 aromatic carbocycles. The highest BCUT2D eigenvalue weighted by Gasteiger charge is 2.11. The van der Waals surface area contributed by atoms with E-state index in [1.807, 2.05) is 24.3 Å². The standard InChI is InChI=1S/C17H14ClFN4O/c18-13-6-4-12(5-7-13)8-9-20-17(24)16-11-23(22-21-16)15-3-1-2-14(19)10-15/h1-7,10-11H,8-9H2,(H,20,24). The van der Waals surface area contributed by atoms with Gasteiger partial charge >= 0.3 is 0 Å². The van der Waals surface area contributed by atoms with E-state index >= 15 is 0 Å². The van der Waals surface area contributed by atoms with E-state index in [1.54, 1.807) is 12.1 Å². The van der Waals surface area contributed by atoms with Crippen LogP contribution in [0.5, 0.6) is 0 Å². The van der Waals surface area contributed by atoms with Crippen molar-refractivity contribution in [2.75, 3.05) is 6.54 Å². The number of aromatic nitrogens is 3. The molecule has 0 atom stereocenters. The Labute approximate surface area is 143 Å². The van der Waals surface area contributed by atoms with Crippen LogP contribution in [0.15, 0.2) is 54.7 Å². The fraction of sp³-hybridized carbons (Fsp3) is 0.118. The van der Waals surface area contributed by atoms with Crippen molar-refractivity contribution in [1.82, 2.24) is 20.3 Å². The van der Waals surface area contributed by atoms with Crippen LogP contribution in [0.1, 0.15) is 16.1 Å². The van der Waals surface area contributed by atoms with E-state index in [9.17, 15) is 9.18 Å². The van der Waals surface area contributed by atoms with Crippen molar-refractivity contribution in [2.24, 2.45) is 0 Å².